The molecule has 1 rings (SSSR count). The molecule has 1 heterocycles. The highest BCUT2D eigenvalue weighted by Crippen LogP contribution is 2.08. The molecule has 0 atom stereocenters. The van der Waals surface area contributed by atoms with Gasteiger partial charge in [-0.1, -0.05) is 37.1 Å². The molecule has 1 aliphatic heterocycles. The minimum atomic E-state index is 1.13. The number of allylic oxidation sites excluding steroid dienone is 3. The fraction of sp³-hybridized carbons (Fsp3) is 0.667. The lowest BCUT2D eigenvalue weighted by Crippen LogP contribution is -2.24. The van der Waals surface area contributed by atoms with Crippen LogP contribution < -0.4 is 0 Å². The fourth-order valence-electron chi connectivity index (χ4n) is 1.72. The van der Waals surface area contributed by atoms with Gasteiger partial charge in [0.1, 0.15) is 0 Å². The Morgan fingerprint density at radius 1 is 1.00 bits per heavy atom. The Labute approximate surface area is 82.1 Å². The molecule has 1 heteroatoms. The van der Waals surface area contributed by atoms with E-state index in [0.29, 0.717) is 0 Å². The molecule has 0 saturated carbocycles. The molecule has 0 amide bonds. The Morgan fingerprint density at radius 3 is 2.31 bits per heavy atom. The highest BCUT2D eigenvalue weighted by atomic mass is 15.1. The van der Waals surface area contributed by atoms with Gasteiger partial charge in [-0.15, -0.1) is 0 Å². The van der Waals surface area contributed by atoms with E-state index in [1.54, 1.807) is 0 Å². The van der Waals surface area contributed by atoms with Crippen molar-refractivity contribution in [3.63, 3.8) is 0 Å². The van der Waals surface area contributed by atoms with Crippen molar-refractivity contribution in [1.29, 1.82) is 0 Å². The number of likely N-dealkylation sites (tertiary alicyclic amines) is 1. The molecular weight excluding hydrogens is 158 g/mol. The first kappa shape index (κ1) is 10.5. The van der Waals surface area contributed by atoms with Gasteiger partial charge in [-0.2, -0.15) is 0 Å². The molecule has 1 saturated heterocycles. The molecule has 0 aromatic carbocycles. The summed E-state index contributed by atoms with van der Waals surface area (Å²) in [7, 11) is 0. The molecule has 0 aromatic heterocycles. The minimum Gasteiger partial charge on any atom is -0.300 e. The second-order valence-corrected chi connectivity index (χ2v) is 3.67. The molecule has 0 unspecified atom stereocenters. The zero-order valence-electron chi connectivity index (χ0n) is 8.71. The lowest BCUT2D eigenvalue weighted by molar-refractivity contribution is 0.316. The number of nitrogens with zero attached hydrogens (tertiary/aromatic N) is 1. The second kappa shape index (κ2) is 6.90. The molecule has 1 nitrogen and oxygen atoms in total. The summed E-state index contributed by atoms with van der Waals surface area (Å²) in [6.45, 7) is 5.76. The van der Waals surface area contributed by atoms with Gasteiger partial charge in [0, 0.05) is 6.54 Å². The van der Waals surface area contributed by atoms with Crippen molar-refractivity contribution in [3.05, 3.63) is 24.3 Å². The van der Waals surface area contributed by atoms with E-state index in [-0.39, 0.29) is 0 Å². The molecule has 13 heavy (non-hydrogen) atoms. The van der Waals surface area contributed by atoms with Gasteiger partial charge in [0.15, 0.2) is 0 Å². The number of rotatable bonds is 3. The largest absolute Gasteiger partial charge is 0.300 e. The molecule has 74 valence electrons. The maximum Gasteiger partial charge on any atom is 0.0166 e. The minimum absolute atomic E-state index is 1.13. The van der Waals surface area contributed by atoms with Crippen LogP contribution in [-0.4, -0.2) is 24.5 Å². The summed E-state index contributed by atoms with van der Waals surface area (Å²) in [5, 5.41) is 0. The standard InChI is InChI=1S/C12H21N/c1-2-3-4-7-10-13-11-8-5-6-9-12-13/h2-4,7H,5-6,8-12H2,1H3/b3-2+,7-4+. The quantitative estimate of drug-likeness (QED) is 0.602. The van der Waals surface area contributed by atoms with Crippen molar-refractivity contribution in [2.75, 3.05) is 19.6 Å². The first-order chi connectivity index (χ1) is 6.43. The van der Waals surface area contributed by atoms with E-state index in [1.807, 2.05) is 0 Å². The predicted octanol–water partition coefficient (Wildman–Crippen LogP) is 2.99. The monoisotopic (exact) mass is 179 g/mol. The fourth-order valence-corrected chi connectivity index (χ4v) is 1.72. The number of hydrogen-bond acceptors (Lipinski definition) is 1. The first-order valence-corrected chi connectivity index (χ1v) is 5.43. The average molecular weight is 179 g/mol. The summed E-state index contributed by atoms with van der Waals surface area (Å²) in [6, 6.07) is 0. The van der Waals surface area contributed by atoms with Crippen LogP contribution in [0.4, 0.5) is 0 Å². The van der Waals surface area contributed by atoms with Crippen molar-refractivity contribution in [2.24, 2.45) is 0 Å². The lowest BCUT2D eigenvalue weighted by Gasteiger charge is -2.16. The van der Waals surface area contributed by atoms with Gasteiger partial charge in [-0.3, -0.25) is 4.90 Å². The van der Waals surface area contributed by atoms with E-state index in [4.69, 9.17) is 0 Å². The van der Waals surface area contributed by atoms with E-state index in [9.17, 15) is 0 Å². The molecule has 1 fully saturated rings. The Hall–Kier alpha value is -0.560. The molecule has 0 bridgehead atoms. The van der Waals surface area contributed by atoms with Crippen molar-refractivity contribution in [2.45, 2.75) is 32.6 Å². The van der Waals surface area contributed by atoms with Gasteiger partial charge in [-0.05, 0) is 32.9 Å². The predicted molar refractivity (Wildman–Crippen MR) is 58.9 cm³/mol. The number of hydrogen-bond donors (Lipinski definition) is 0. The normalized spacial score (nSPS) is 21.3. The summed E-state index contributed by atoms with van der Waals surface area (Å²) in [5.74, 6) is 0. The summed E-state index contributed by atoms with van der Waals surface area (Å²) in [6.07, 6.45) is 14.2. The SMILES string of the molecule is C/C=C/C=C/CN1CCCCCC1. The van der Waals surface area contributed by atoms with E-state index in [1.165, 1.54) is 38.8 Å². The van der Waals surface area contributed by atoms with E-state index in [0.717, 1.165) is 6.54 Å². The molecule has 0 spiro atoms. The van der Waals surface area contributed by atoms with Crippen LogP contribution in [0.25, 0.3) is 0 Å². The highest BCUT2D eigenvalue weighted by Gasteiger charge is 2.05. The molecule has 0 N–H and O–H groups in total. The van der Waals surface area contributed by atoms with Crippen molar-refractivity contribution in [1.82, 2.24) is 4.90 Å². The maximum atomic E-state index is 2.55. The second-order valence-electron chi connectivity index (χ2n) is 3.67. The Kier molecular flexibility index (Phi) is 5.59. The van der Waals surface area contributed by atoms with Gasteiger partial charge in [-0.25, -0.2) is 0 Å². The van der Waals surface area contributed by atoms with Crippen LogP contribution in [-0.2, 0) is 0 Å². The average Bonchev–Trinajstić information content (AvgIpc) is 2.41. The highest BCUT2D eigenvalue weighted by molar-refractivity contribution is 5.01. The van der Waals surface area contributed by atoms with Crippen molar-refractivity contribution >= 4 is 0 Å². The van der Waals surface area contributed by atoms with Crippen LogP contribution in [0, 0.1) is 0 Å². The molecule has 0 aliphatic carbocycles. The van der Waals surface area contributed by atoms with Gasteiger partial charge < -0.3 is 0 Å². The van der Waals surface area contributed by atoms with Gasteiger partial charge >= 0.3 is 0 Å². The van der Waals surface area contributed by atoms with Crippen LogP contribution in [0.1, 0.15) is 32.6 Å². The van der Waals surface area contributed by atoms with E-state index in [2.05, 4.69) is 36.1 Å². The van der Waals surface area contributed by atoms with Gasteiger partial charge in [0.05, 0.1) is 0 Å². The Bertz CT molecular complexity index is 162. The van der Waals surface area contributed by atoms with Crippen LogP contribution in [0.15, 0.2) is 24.3 Å². The summed E-state index contributed by atoms with van der Waals surface area (Å²) < 4.78 is 0. The summed E-state index contributed by atoms with van der Waals surface area (Å²) in [5.41, 5.74) is 0. The zero-order valence-corrected chi connectivity index (χ0v) is 8.71. The summed E-state index contributed by atoms with van der Waals surface area (Å²) in [4.78, 5) is 2.55. The lowest BCUT2D eigenvalue weighted by atomic mass is 10.2. The Morgan fingerprint density at radius 2 is 1.69 bits per heavy atom. The van der Waals surface area contributed by atoms with E-state index < -0.39 is 0 Å². The first-order valence-electron chi connectivity index (χ1n) is 5.43. The van der Waals surface area contributed by atoms with Crippen molar-refractivity contribution in [3.8, 4) is 0 Å². The smallest absolute Gasteiger partial charge is 0.0166 e. The summed E-state index contributed by atoms with van der Waals surface area (Å²) >= 11 is 0. The van der Waals surface area contributed by atoms with Crippen LogP contribution in [0.5, 0.6) is 0 Å². The van der Waals surface area contributed by atoms with Gasteiger partial charge in [0.25, 0.3) is 0 Å². The van der Waals surface area contributed by atoms with Crippen LogP contribution in [0.2, 0.25) is 0 Å². The molecular formula is C12H21N. The van der Waals surface area contributed by atoms with Crippen LogP contribution >= 0.6 is 0 Å². The topological polar surface area (TPSA) is 3.24 Å². The van der Waals surface area contributed by atoms with Gasteiger partial charge in [0.2, 0.25) is 0 Å². The molecule has 0 radical (unpaired) electrons. The van der Waals surface area contributed by atoms with Crippen LogP contribution in [0.3, 0.4) is 0 Å². The van der Waals surface area contributed by atoms with Crippen molar-refractivity contribution < 1.29 is 0 Å². The maximum absolute atomic E-state index is 2.55. The molecule has 1 aliphatic rings. The Balaban J connectivity index is 2.18. The van der Waals surface area contributed by atoms with E-state index >= 15 is 0 Å². The third-order valence-electron chi connectivity index (χ3n) is 2.50. The third kappa shape index (κ3) is 4.89. The molecule has 0 aromatic rings. The third-order valence-corrected chi connectivity index (χ3v) is 2.50. The zero-order chi connectivity index (χ0) is 9.36.